The second-order valence-electron chi connectivity index (χ2n) is 6.33. The molecule has 2 N–H and O–H groups in total. The summed E-state index contributed by atoms with van der Waals surface area (Å²) in [6.45, 7) is 6.83. The highest BCUT2D eigenvalue weighted by molar-refractivity contribution is 5.63. The van der Waals surface area contributed by atoms with Crippen LogP contribution < -0.4 is 15.4 Å². The van der Waals surface area contributed by atoms with E-state index in [1.54, 1.807) is 6.20 Å². The lowest BCUT2D eigenvalue weighted by Crippen LogP contribution is -2.08. The minimum absolute atomic E-state index is 0.0981. The molecule has 5 heteroatoms. The van der Waals surface area contributed by atoms with Crippen molar-refractivity contribution in [1.29, 1.82) is 0 Å². The van der Waals surface area contributed by atoms with Crippen molar-refractivity contribution in [3.63, 3.8) is 0 Å². The van der Waals surface area contributed by atoms with Gasteiger partial charge in [0, 0.05) is 12.7 Å². The molecule has 3 aromatic rings. The number of hydrogen-bond donors (Lipinski definition) is 2. The maximum absolute atomic E-state index is 5.83. The van der Waals surface area contributed by atoms with Gasteiger partial charge in [-0.1, -0.05) is 36.4 Å². The molecule has 0 aliphatic carbocycles. The number of benzene rings is 2. The first-order valence-corrected chi connectivity index (χ1v) is 8.76. The summed E-state index contributed by atoms with van der Waals surface area (Å²) in [6, 6.07) is 18.0. The van der Waals surface area contributed by atoms with Gasteiger partial charge in [-0.3, -0.25) is 0 Å². The molecule has 0 fully saturated rings. The number of para-hydroxylation sites is 2. The maximum Gasteiger partial charge on any atom is 0.229 e. The molecule has 0 aliphatic heterocycles. The summed E-state index contributed by atoms with van der Waals surface area (Å²) in [5.41, 5.74) is 3.35. The normalized spacial score (nSPS) is 10.6. The molecule has 3 rings (SSSR count). The molecule has 134 valence electrons. The average Bonchev–Trinajstić information content (AvgIpc) is 2.63. The Morgan fingerprint density at radius 1 is 1.00 bits per heavy atom. The second kappa shape index (κ2) is 8.34. The molecule has 5 nitrogen and oxygen atoms in total. The molecular formula is C21H24N4O. The van der Waals surface area contributed by atoms with E-state index in [2.05, 4.69) is 39.7 Å². The van der Waals surface area contributed by atoms with Gasteiger partial charge < -0.3 is 15.4 Å². The number of ether oxygens (including phenoxy) is 1. The van der Waals surface area contributed by atoms with Gasteiger partial charge >= 0.3 is 0 Å². The zero-order valence-corrected chi connectivity index (χ0v) is 15.4. The number of rotatable bonds is 7. The van der Waals surface area contributed by atoms with Gasteiger partial charge in [0.2, 0.25) is 5.95 Å². The summed E-state index contributed by atoms with van der Waals surface area (Å²) in [4.78, 5) is 8.85. The molecule has 0 aliphatic rings. The van der Waals surface area contributed by atoms with Crippen LogP contribution in [-0.4, -0.2) is 16.1 Å². The number of nitrogens with zero attached hydrogens (tertiary/aromatic N) is 2. The van der Waals surface area contributed by atoms with Gasteiger partial charge in [-0.2, -0.15) is 4.98 Å². The Kier molecular flexibility index (Phi) is 5.69. The third-order valence-corrected chi connectivity index (χ3v) is 3.87. The molecule has 0 unspecified atom stereocenters. The van der Waals surface area contributed by atoms with Gasteiger partial charge in [0.25, 0.3) is 0 Å². The van der Waals surface area contributed by atoms with Crippen molar-refractivity contribution in [2.75, 3.05) is 10.6 Å². The molecule has 26 heavy (non-hydrogen) atoms. The van der Waals surface area contributed by atoms with Crippen LogP contribution in [0.3, 0.4) is 0 Å². The Morgan fingerprint density at radius 2 is 1.77 bits per heavy atom. The molecule has 0 spiro atoms. The van der Waals surface area contributed by atoms with E-state index in [1.807, 2.05) is 56.3 Å². The minimum atomic E-state index is 0.0981. The fraction of sp³-hybridized carbons (Fsp3) is 0.238. The number of nitrogens with one attached hydrogen (secondary N) is 2. The summed E-state index contributed by atoms with van der Waals surface area (Å²) in [5, 5.41) is 6.59. The van der Waals surface area contributed by atoms with Crippen LogP contribution in [0.1, 0.15) is 25.0 Å². The van der Waals surface area contributed by atoms with Gasteiger partial charge in [-0.05, 0) is 50.1 Å². The number of aryl methyl sites for hydroxylation is 1. The summed E-state index contributed by atoms with van der Waals surface area (Å²) < 4.78 is 5.83. The highest BCUT2D eigenvalue weighted by Gasteiger charge is 2.07. The van der Waals surface area contributed by atoms with E-state index in [4.69, 9.17) is 4.74 Å². The van der Waals surface area contributed by atoms with Gasteiger partial charge in [-0.25, -0.2) is 4.98 Å². The molecule has 0 atom stereocenters. The van der Waals surface area contributed by atoms with E-state index in [0.29, 0.717) is 5.95 Å². The predicted molar refractivity (Wildman–Crippen MR) is 106 cm³/mol. The van der Waals surface area contributed by atoms with E-state index >= 15 is 0 Å². The van der Waals surface area contributed by atoms with Crippen LogP contribution in [0.2, 0.25) is 0 Å². The highest BCUT2D eigenvalue weighted by Crippen LogP contribution is 2.27. The predicted octanol–water partition coefficient (Wildman–Crippen LogP) is 4.93. The lowest BCUT2D eigenvalue weighted by molar-refractivity contribution is 0.244. The van der Waals surface area contributed by atoms with Crippen LogP contribution >= 0.6 is 0 Å². The van der Waals surface area contributed by atoms with Crippen molar-refractivity contribution in [3.05, 3.63) is 71.9 Å². The Balaban J connectivity index is 1.71. The quantitative estimate of drug-likeness (QED) is 0.634. The van der Waals surface area contributed by atoms with Crippen LogP contribution in [0.25, 0.3) is 0 Å². The average molecular weight is 348 g/mol. The fourth-order valence-electron chi connectivity index (χ4n) is 2.56. The molecule has 2 aromatic carbocycles. The summed E-state index contributed by atoms with van der Waals surface area (Å²) in [7, 11) is 0. The van der Waals surface area contributed by atoms with Crippen molar-refractivity contribution in [3.8, 4) is 5.75 Å². The first kappa shape index (κ1) is 17.7. The Morgan fingerprint density at radius 3 is 2.58 bits per heavy atom. The van der Waals surface area contributed by atoms with Gasteiger partial charge in [0.1, 0.15) is 11.6 Å². The summed E-state index contributed by atoms with van der Waals surface area (Å²) in [6.07, 6.45) is 1.84. The number of aromatic nitrogens is 2. The Hall–Kier alpha value is -3.08. The van der Waals surface area contributed by atoms with Crippen LogP contribution in [0.15, 0.2) is 60.8 Å². The smallest absolute Gasteiger partial charge is 0.229 e. The third kappa shape index (κ3) is 4.72. The van der Waals surface area contributed by atoms with E-state index in [-0.39, 0.29) is 6.10 Å². The molecule has 0 amide bonds. The van der Waals surface area contributed by atoms with Crippen molar-refractivity contribution < 1.29 is 4.74 Å². The summed E-state index contributed by atoms with van der Waals surface area (Å²) in [5.74, 6) is 2.08. The van der Waals surface area contributed by atoms with Gasteiger partial charge in [0.15, 0.2) is 0 Å². The zero-order chi connectivity index (χ0) is 18.4. The standard InChI is InChI=1S/C21H24N4O/c1-15(2)26-19-11-7-6-10-18(19)24-21-22-13-12-20(25-21)23-14-17-9-5-4-8-16(17)3/h4-13,15H,14H2,1-3H3,(H2,22,23,24,25). The van der Waals surface area contributed by atoms with Crippen molar-refractivity contribution in [1.82, 2.24) is 9.97 Å². The molecule has 0 saturated heterocycles. The lowest BCUT2D eigenvalue weighted by atomic mass is 10.1. The molecule has 0 radical (unpaired) electrons. The molecule has 0 saturated carbocycles. The van der Waals surface area contributed by atoms with Crippen LogP contribution in [-0.2, 0) is 6.54 Å². The van der Waals surface area contributed by atoms with Gasteiger partial charge in [0.05, 0.1) is 11.8 Å². The Bertz CT molecular complexity index is 864. The van der Waals surface area contributed by atoms with E-state index in [1.165, 1.54) is 11.1 Å². The molecule has 1 heterocycles. The fourth-order valence-corrected chi connectivity index (χ4v) is 2.56. The second-order valence-corrected chi connectivity index (χ2v) is 6.33. The molecule has 0 bridgehead atoms. The van der Waals surface area contributed by atoms with Crippen molar-refractivity contribution in [2.24, 2.45) is 0 Å². The topological polar surface area (TPSA) is 59.1 Å². The lowest BCUT2D eigenvalue weighted by Gasteiger charge is -2.15. The summed E-state index contributed by atoms with van der Waals surface area (Å²) >= 11 is 0. The van der Waals surface area contributed by atoms with E-state index < -0.39 is 0 Å². The van der Waals surface area contributed by atoms with E-state index in [0.717, 1.165) is 23.8 Å². The SMILES string of the molecule is Cc1ccccc1CNc1ccnc(Nc2ccccc2OC(C)C)n1. The Labute approximate surface area is 154 Å². The highest BCUT2D eigenvalue weighted by atomic mass is 16.5. The van der Waals surface area contributed by atoms with Crippen LogP contribution in [0.5, 0.6) is 5.75 Å². The first-order valence-electron chi connectivity index (χ1n) is 8.76. The first-order chi connectivity index (χ1) is 12.6. The number of hydrogen-bond acceptors (Lipinski definition) is 5. The minimum Gasteiger partial charge on any atom is -0.489 e. The maximum atomic E-state index is 5.83. The van der Waals surface area contributed by atoms with Crippen LogP contribution in [0.4, 0.5) is 17.5 Å². The van der Waals surface area contributed by atoms with Crippen LogP contribution in [0, 0.1) is 6.92 Å². The van der Waals surface area contributed by atoms with E-state index in [9.17, 15) is 0 Å². The largest absolute Gasteiger partial charge is 0.489 e. The monoisotopic (exact) mass is 348 g/mol. The molecular weight excluding hydrogens is 324 g/mol. The van der Waals surface area contributed by atoms with Crippen molar-refractivity contribution >= 4 is 17.5 Å². The van der Waals surface area contributed by atoms with Crippen molar-refractivity contribution in [2.45, 2.75) is 33.4 Å². The third-order valence-electron chi connectivity index (χ3n) is 3.87. The molecule has 1 aromatic heterocycles. The van der Waals surface area contributed by atoms with Gasteiger partial charge in [-0.15, -0.1) is 0 Å². The zero-order valence-electron chi connectivity index (χ0n) is 15.4. The number of anilines is 3.